The van der Waals surface area contributed by atoms with Crippen molar-refractivity contribution in [2.24, 2.45) is 5.73 Å². The van der Waals surface area contributed by atoms with Crippen LogP contribution in [0.25, 0.3) is 11.0 Å². The summed E-state index contributed by atoms with van der Waals surface area (Å²) in [6.45, 7) is 1.97. The Kier molecular flexibility index (Phi) is 4.39. The van der Waals surface area contributed by atoms with Crippen molar-refractivity contribution < 1.29 is 4.42 Å². The third kappa shape index (κ3) is 2.68. The summed E-state index contributed by atoms with van der Waals surface area (Å²) in [7, 11) is 0. The van der Waals surface area contributed by atoms with E-state index in [9.17, 15) is 0 Å². The first-order chi connectivity index (χ1) is 9.15. The van der Waals surface area contributed by atoms with Gasteiger partial charge in [0.25, 0.3) is 0 Å². The lowest BCUT2D eigenvalue weighted by Gasteiger charge is -2.10. The molecule has 20 heavy (non-hydrogen) atoms. The summed E-state index contributed by atoms with van der Waals surface area (Å²) in [5, 5.41) is 1.79. The second-order valence-corrected chi connectivity index (χ2v) is 5.08. The van der Waals surface area contributed by atoms with Crippen LogP contribution in [-0.2, 0) is 0 Å². The summed E-state index contributed by atoms with van der Waals surface area (Å²) >= 11 is 6.14. The molecule has 0 aliphatic heterocycles. The van der Waals surface area contributed by atoms with Crippen LogP contribution in [0.15, 0.2) is 52.9 Å². The number of benzene rings is 2. The van der Waals surface area contributed by atoms with Gasteiger partial charge in [-0.1, -0.05) is 41.9 Å². The first kappa shape index (κ1) is 14.9. The van der Waals surface area contributed by atoms with Crippen LogP contribution in [0.5, 0.6) is 0 Å². The number of nitrogens with two attached hydrogens (primary N) is 1. The van der Waals surface area contributed by atoms with Crippen molar-refractivity contribution in [3.63, 3.8) is 0 Å². The topological polar surface area (TPSA) is 39.2 Å². The van der Waals surface area contributed by atoms with E-state index >= 15 is 0 Å². The molecule has 3 rings (SSSR count). The molecule has 2 N–H and O–H groups in total. The molecule has 0 spiro atoms. The van der Waals surface area contributed by atoms with E-state index in [-0.39, 0.29) is 18.4 Å². The molecule has 0 fully saturated rings. The average Bonchev–Trinajstić information content (AvgIpc) is 2.85. The molecule has 0 bridgehead atoms. The Bertz CT molecular complexity index is 703. The highest BCUT2D eigenvalue weighted by Crippen LogP contribution is 2.28. The van der Waals surface area contributed by atoms with E-state index in [0.29, 0.717) is 0 Å². The molecule has 2 nitrogen and oxygen atoms in total. The van der Waals surface area contributed by atoms with Crippen LogP contribution >= 0.6 is 24.0 Å². The largest absolute Gasteiger partial charge is 0.459 e. The van der Waals surface area contributed by atoms with E-state index in [1.54, 1.807) is 0 Å². The van der Waals surface area contributed by atoms with Gasteiger partial charge in [-0.25, -0.2) is 0 Å². The van der Waals surface area contributed by atoms with Crippen LogP contribution in [0.3, 0.4) is 0 Å². The van der Waals surface area contributed by atoms with Crippen molar-refractivity contribution in [3.05, 3.63) is 70.4 Å². The SMILES string of the molecule is Cc1ccc(C(N)c2cc3ccccc3o2)cc1Cl.Cl. The highest BCUT2D eigenvalue weighted by Gasteiger charge is 2.14. The van der Waals surface area contributed by atoms with Crippen LogP contribution in [0.2, 0.25) is 5.02 Å². The lowest BCUT2D eigenvalue weighted by atomic mass is 10.0. The Morgan fingerprint density at radius 3 is 2.55 bits per heavy atom. The highest BCUT2D eigenvalue weighted by molar-refractivity contribution is 6.31. The Morgan fingerprint density at radius 1 is 1.10 bits per heavy atom. The zero-order chi connectivity index (χ0) is 13.4. The summed E-state index contributed by atoms with van der Waals surface area (Å²) in [6.07, 6.45) is 0. The van der Waals surface area contributed by atoms with Gasteiger partial charge in [0.15, 0.2) is 0 Å². The van der Waals surface area contributed by atoms with Crippen LogP contribution in [-0.4, -0.2) is 0 Å². The molecule has 0 radical (unpaired) electrons. The van der Waals surface area contributed by atoms with Gasteiger partial charge < -0.3 is 10.2 Å². The van der Waals surface area contributed by atoms with Crippen molar-refractivity contribution >= 4 is 35.0 Å². The summed E-state index contributed by atoms with van der Waals surface area (Å²) < 4.78 is 5.79. The maximum atomic E-state index is 6.25. The summed E-state index contributed by atoms with van der Waals surface area (Å²) in [5.41, 5.74) is 9.10. The van der Waals surface area contributed by atoms with Gasteiger partial charge in [0.05, 0.1) is 6.04 Å². The molecule has 3 aromatic rings. The molecule has 0 amide bonds. The third-order valence-electron chi connectivity index (χ3n) is 3.31. The van der Waals surface area contributed by atoms with E-state index in [4.69, 9.17) is 21.8 Å². The van der Waals surface area contributed by atoms with E-state index in [1.807, 2.05) is 55.5 Å². The Hall–Kier alpha value is -1.48. The minimum Gasteiger partial charge on any atom is -0.459 e. The second-order valence-electron chi connectivity index (χ2n) is 4.67. The first-order valence-electron chi connectivity index (χ1n) is 6.15. The van der Waals surface area contributed by atoms with Crippen molar-refractivity contribution in [2.75, 3.05) is 0 Å². The lowest BCUT2D eigenvalue weighted by Crippen LogP contribution is -2.10. The molecule has 0 aliphatic rings. The van der Waals surface area contributed by atoms with Gasteiger partial charge in [-0.2, -0.15) is 0 Å². The minimum atomic E-state index is -0.300. The number of aryl methyl sites for hydroxylation is 1. The normalized spacial score (nSPS) is 12.2. The molecular weight excluding hydrogens is 293 g/mol. The second kappa shape index (κ2) is 5.88. The molecule has 1 unspecified atom stereocenters. The number of furan rings is 1. The standard InChI is InChI=1S/C16H14ClNO.ClH/c1-10-6-7-12(8-13(10)17)16(18)15-9-11-4-2-3-5-14(11)19-15;/h2-9,16H,18H2,1H3;1H. The lowest BCUT2D eigenvalue weighted by molar-refractivity contribution is 0.525. The number of hydrogen-bond donors (Lipinski definition) is 1. The van der Waals surface area contributed by atoms with Crippen molar-refractivity contribution in [1.29, 1.82) is 0 Å². The molecule has 0 aliphatic carbocycles. The maximum Gasteiger partial charge on any atom is 0.134 e. The molecule has 0 saturated carbocycles. The minimum absolute atomic E-state index is 0. The zero-order valence-electron chi connectivity index (χ0n) is 11.0. The fourth-order valence-electron chi connectivity index (χ4n) is 2.12. The van der Waals surface area contributed by atoms with Gasteiger partial charge in [-0.15, -0.1) is 12.4 Å². The summed E-state index contributed by atoms with van der Waals surface area (Å²) in [6, 6.07) is 15.4. The van der Waals surface area contributed by atoms with Gasteiger partial charge >= 0.3 is 0 Å². The van der Waals surface area contributed by atoms with Gasteiger partial charge in [0.1, 0.15) is 11.3 Å². The first-order valence-corrected chi connectivity index (χ1v) is 6.53. The number of para-hydroxylation sites is 1. The Morgan fingerprint density at radius 2 is 1.85 bits per heavy atom. The number of fused-ring (bicyclic) bond motifs is 1. The Labute approximate surface area is 128 Å². The number of hydrogen-bond acceptors (Lipinski definition) is 2. The van der Waals surface area contributed by atoms with Crippen LogP contribution < -0.4 is 5.73 Å². The third-order valence-corrected chi connectivity index (χ3v) is 3.71. The molecule has 2 aromatic carbocycles. The molecule has 1 heterocycles. The van der Waals surface area contributed by atoms with Crippen molar-refractivity contribution in [3.8, 4) is 0 Å². The predicted molar refractivity (Wildman–Crippen MR) is 85.7 cm³/mol. The smallest absolute Gasteiger partial charge is 0.134 e. The van der Waals surface area contributed by atoms with Crippen LogP contribution in [0.1, 0.15) is 22.9 Å². The van der Waals surface area contributed by atoms with Gasteiger partial charge in [-0.3, -0.25) is 0 Å². The molecule has 1 atom stereocenters. The quantitative estimate of drug-likeness (QED) is 0.734. The number of halogens is 2. The summed E-state index contributed by atoms with van der Waals surface area (Å²) in [4.78, 5) is 0. The zero-order valence-corrected chi connectivity index (χ0v) is 12.5. The number of rotatable bonds is 2. The van der Waals surface area contributed by atoms with Crippen LogP contribution in [0.4, 0.5) is 0 Å². The predicted octanol–water partition coefficient (Wildman–Crippen LogP) is 4.86. The van der Waals surface area contributed by atoms with Gasteiger partial charge in [0.2, 0.25) is 0 Å². The molecule has 1 aromatic heterocycles. The van der Waals surface area contributed by atoms with Crippen LogP contribution in [0, 0.1) is 6.92 Å². The van der Waals surface area contributed by atoms with E-state index in [0.717, 1.165) is 32.9 Å². The molecule has 0 saturated heterocycles. The van der Waals surface area contributed by atoms with E-state index in [1.165, 1.54) is 0 Å². The summed E-state index contributed by atoms with van der Waals surface area (Å²) in [5.74, 6) is 0.751. The van der Waals surface area contributed by atoms with E-state index in [2.05, 4.69) is 0 Å². The average molecular weight is 308 g/mol. The fourth-order valence-corrected chi connectivity index (χ4v) is 2.31. The molecule has 104 valence electrons. The Balaban J connectivity index is 0.00000147. The fraction of sp³-hybridized carbons (Fsp3) is 0.125. The molecule has 4 heteroatoms. The van der Waals surface area contributed by atoms with E-state index < -0.39 is 0 Å². The maximum absolute atomic E-state index is 6.25. The molecular formula is C16H15Cl2NO. The van der Waals surface area contributed by atoms with Gasteiger partial charge in [-0.05, 0) is 36.2 Å². The monoisotopic (exact) mass is 307 g/mol. The highest BCUT2D eigenvalue weighted by atomic mass is 35.5. The van der Waals surface area contributed by atoms with Crippen molar-refractivity contribution in [1.82, 2.24) is 0 Å². The van der Waals surface area contributed by atoms with Crippen molar-refractivity contribution in [2.45, 2.75) is 13.0 Å². The van der Waals surface area contributed by atoms with Gasteiger partial charge in [0, 0.05) is 10.4 Å².